The third kappa shape index (κ3) is 3.33. The van der Waals surface area contributed by atoms with Crippen molar-refractivity contribution in [2.45, 2.75) is 20.0 Å². The molecule has 2 rings (SSSR count). The first kappa shape index (κ1) is 14.0. The summed E-state index contributed by atoms with van der Waals surface area (Å²) in [7, 11) is 0. The molecule has 0 aliphatic heterocycles. The number of halogens is 2. The third-order valence-electron chi connectivity index (χ3n) is 2.80. The number of aliphatic hydroxyl groups is 1. The molecule has 4 heteroatoms. The summed E-state index contributed by atoms with van der Waals surface area (Å²) in [5.74, 6) is 0.738. The molecule has 2 aromatic carbocycles. The lowest BCUT2D eigenvalue weighted by Crippen LogP contribution is -1.94. The number of rotatable bonds is 3. The first-order valence-electron chi connectivity index (χ1n) is 5.89. The summed E-state index contributed by atoms with van der Waals surface area (Å²) in [5.41, 5.74) is 1.64. The van der Waals surface area contributed by atoms with Gasteiger partial charge in [0.1, 0.15) is 17.3 Å². The summed E-state index contributed by atoms with van der Waals surface area (Å²) >= 11 is 3.38. The quantitative estimate of drug-likeness (QED) is 0.883. The van der Waals surface area contributed by atoms with Crippen LogP contribution in [0, 0.1) is 12.7 Å². The molecule has 0 fully saturated rings. The lowest BCUT2D eigenvalue weighted by atomic mass is 10.1. The predicted molar refractivity (Wildman–Crippen MR) is 76.0 cm³/mol. The molecule has 0 aliphatic carbocycles. The van der Waals surface area contributed by atoms with E-state index in [9.17, 15) is 9.50 Å². The Labute approximate surface area is 120 Å². The van der Waals surface area contributed by atoms with Crippen LogP contribution in [0.4, 0.5) is 4.39 Å². The molecular weight excluding hydrogens is 311 g/mol. The number of aryl methyl sites for hydroxylation is 1. The number of hydrogen-bond donors (Lipinski definition) is 1. The van der Waals surface area contributed by atoms with Crippen molar-refractivity contribution in [1.82, 2.24) is 0 Å². The van der Waals surface area contributed by atoms with E-state index in [2.05, 4.69) is 15.9 Å². The Bertz CT molecular complexity index is 597. The lowest BCUT2D eigenvalue weighted by Gasteiger charge is -2.12. The van der Waals surface area contributed by atoms with E-state index in [4.69, 9.17) is 4.74 Å². The Morgan fingerprint density at radius 1 is 1.21 bits per heavy atom. The van der Waals surface area contributed by atoms with Crippen LogP contribution >= 0.6 is 15.9 Å². The zero-order chi connectivity index (χ0) is 14.0. The van der Waals surface area contributed by atoms with Gasteiger partial charge in [-0.3, -0.25) is 0 Å². The van der Waals surface area contributed by atoms with E-state index < -0.39 is 6.10 Å². The van der Waals surface area contributed by atoms with Crippen LogP contribution in [0.1, 0.15) is 24.2 Å². The van der Waals surface area contributed by atoms with Gasteiger partial charge in [-0.25, -0.2) is 4.39 Å². The second-order valence-electron chi connectivity index (χ2n) is 4.37. The largest absolute Gasteiger partial charge is 0.457 e. The van der Waals surface area contributed by atoms with Gasteiger partial charge in [0.2, 0.25) is 0 Å². The topological polar surface area (TPSA) is 29.5 Å². The molecule has 0 unspecified atom stereocenters. The zero-order valence-corrected chi connectivity index (χ0v) is 12.2. The summed E-state index contributed by atoms with van der Waals surface area (Å²) < 4.78 is 19.6. The Morgan fingerprint density at radius 2 is 1.95 bits per heavy atom. The monoisotopic (exact) mass is 324 g/mol. The predicted octanol–water partition coefficient (Wildman–Crippen LogP) is 4.74. The number of benzene rings is 2. The van der Waals surface area contributed by atoms with Crippen molar-refractivity contribution in [3.05, 3.63) is 57.8 Å². The normalized spacial score (nSPS) is 12.3. The molecule has 0 bridgehead atoms. The highest BCUT2D eigenvalue weighted by molar-refractivity contribution is 9.10. The summed E-state index contributed by atoms with van der Waals surface area (Å²) in [4.78, 5) is 0. The van der Waals surface area contributed by atoms with E-state index in [1.807, 2.05) is 6.92 Å². The summed E-state index contributed by atoms with van der Waals surface area (Å²) in [6, 6.07) is 9.70. The summed E-state index contributed by atoms with van der Waals surface area (Å²) in [6.45, 7) is 3.55. The average molecular weight is 325 g/mol. The molecule has 19 heavy (non-hydrogen) atoms. The Balaban J connectivity index is 2.29. The fourth-order valence-electron chi connectivity index (χ4n) is 1.72. The minimum atomic E-state index is -0.556. The van der Waals surface area contributed by atoms with Crippen molar-refractivity contribution < 1.29 is 14.2 Å². The molecule has 0 saturated heterocycles. The molecule has 0 heterocycles. The van der Waals surface area contributed by atoms with Gasteiger partial charge in [-0.05, 0) is 43.2 Å². The summed E-state index contributed by atoms with van der Waals surface area (Å²) in [5, 5.41) is 9.55. The molecule has 2 aromatic rings. The molecule has 0 spiro atoms. The van der Waals surface area contributed by atoms with Gasteiger partial charge >= 0.3 is 0 Å². The van der Waals surface area contributed by atoms with E-state index in [0.29, 0.717) is 11.5 Å². The fraction of sp³-hybridized carbons (Fsp3) is 0.200. The first-order chi connectivity index (χ1) is 8.97. The van der Waals surface area contributed by atoms with E-state index >= 15 is 0 Å². The minimum absolute atomic E-state index is 0.333. The van der Waals surface area contributed by atoms with Gasteiger partial charge in [-0.1, -0.05) is 28.1 Å². The standard InChI is InChI=1S/C15H14BrFO2/c1-9-3-4-11(17)7-15(9)19-12-5-6-13(10(2)18)14(16)8-12/h3-8,10,18H,1-2H3/t10-/m0/s1. The Kier molecular flexibility index (Phi) is 4.22. The highest BCUT2D eigenvalue weighted by Gasteiger charge is 2.09. The minimum Gasteiger partial charge on any atom is -0.457 e. The van der Waals surface area contributed by atoms with E-state index in [1.54, 1.807) is 31.2 Å². The third-order valence-corrected chi connectivity index (χ3v) is 3.49. The second-order valence-corrected chi connectivity index (χ2v) is 5.23. The van der Waals surface area contributed by atoms with Gasteiger partial charge in [-0.2, -0.15) is 0 Å². The molecule has 1 atom stereocenters. The Hall–Kier alpha value is -1.39. The maximum Gasteiger partial charge on any atom is 0.133 e. The highest BCUT2D eigenvalue weighted by atomic mass is 79.9. The van der Waals surface area contributed by atoms with E-state index in [0.717, 1.165) is 15.6 Å². The number of hydrogen-bond acceptors (Lipinski definition) is 2. The maximum absolute atomic E-state index is 13.2. The number of aliphatic hydroxyl groups excluding tert-OH is 1. The van der Waals surface area contributed by atoms with E-state index in [-0.39, 0.29) is 5.82 Å². The highest BCUT2D eigenvalue weighted by Crippen LogP contribution is 2.31. The van der Waals surface area contributed by atoms with Crippen molar-refractivity contribution in [1.29, 1.82) is 0 Å². The molecule has 0 radical (unpaired) electrons. The van der Waals surface area contributed by atoms with Crippen LogP contribution in [0.5, 0.6) is 11.5 Å². The maximum atomic E-state index is 13.2. The van der Waals surface area contributed by atoms with Gasteiger partial charge in [0, 0.05) is 10.5 Å². The van der Waals surface area contributed by atoms with Crippen LogP contribution in [0.3, 0.4) is 0 Å². The second kappa shape index (κ2) is 5.72. The Morgan fingerprint density at radius 3 is 2.58 bits per heavy atom. The van der Waals surface area contributed by atoms with Crippen molar-refractivity contribution >= 4 is 15.9 Å². The molecule has 1 N–H and O–H groups in total. The van der Waals surface area contributed by atoms with Crippen molar-refractivity contribution in [3.8, 4) is 11.5 Å². The fourth-order valence-corrected chi connectivity index (χ4v) is 2.41. The van der Waals surface area contributed by atoms with Gasteiger partial charge < -0.3 is 9.84 Å². The lowest BCUT2D eigenvalue weighted by molar-refractivity contribution is 0.198. The van der Waals surface area contributed by atoms with E-state index in [1.165, 1.54) is 12.1 Å². The zero-order valence-electron chi connectivity index (χ0n) is 10.7. The smallest absolute Gasteiger partial charge is 0.133 e. The van der Waals surface area contributed by atoms with Crippen LogP contribution in [0.15, 0.2) is 40.9 Å². The molecule has 0 saturated carbocycles. The number of ether oxygens (including phenoxy) is 1. The van der Waals surface area contributed by atoms with Gasteiger partial charge in [0.05, 0.1) is 6.10 Å². The molecule has 0 amide bonds. The first-order valence-corrected chi connectivity index (χ1v) is 6.68. The molecule has 100 valence electrons. The van der Waals surface area contributed by atoms with Crippen LogP contribution in [0.2, 0.25) is 0 Å². The van der Waals surface area contributed by atoms with Gasteiger partial charge in [0.25, 0.3) is 0 Å². The van der Waals surface area contributed by atoms with Crippen LogP contribution in [-0.2, 0) is 0 Å². The van der Waals surface area contributed by atoms with Crippen molar-refractivity contribution in [2.24, 2.45) is 0 Å². The molecule has 0 aliphatic rings. The summed E-state index contributed by atoms with van der Waals surface area (Å²) in [6.07, 6.45) is -0.556. The molecule has 0 aromatic heterocycles. The van der Waals surface area contributed by atoms with Gasteiger partial charge in [-0.15, -0.1) is 0 Å². The SMILES string of the molecule is Cc1ccc(F)cc1Oc1ccc([C@H](C)O)c(Br)c1. The van der Waals surface area contributed by atoms with Crippen molar-refractivity contribution in [3.63, 3.8) is 0 Å². The van der Waals surface area contributed by atoms with Crippen LogP contribution < -0.4 is 4.74 Å². The van der Waals surface area contributed by atoms with Crippen LogP contribution in [-0.4, -0.2) is 5.11 Å². The average Bonchev–Trinajstić information content (AvgIpc) is 2.33. The molecule has 2 nitrogen and oxygen atoms in total. The molecular formula is C15H14BrFO2. The van der Waals surface area contributed by atoms with Crippen LogP contribution in [0.25, 0.3) is 0 Å². The van der Waals surface area contributed by atoms with Gasteiger partial charge in [0.15, 0.2) is 0 Å². The van der Waals surface area contributed by atoms with Crippen molar-refractivity contribution in [2.75, 3.05) is 0 Å².